The Morgan fingerprint density at radius 1 is 0.769 bits per heavy atom. The first-order chi connectivity index (χ1) is 12.5. The van der Waals surface area contributed by atoms with Crippen LogP contribution in [0.15, 0.2) is 78.9 Å². The van der Waals surface area contributed by atoms with Crippen LogP contribution in [-0.4, -0.2) is 6.16 Å². The van der Waals surface area contributed by atoms with Crippen molar-refractivity contribution in [2.24, 2.45) is 0 Å². The zero-order chi connectivity index (χ0) is 18.6. The van der Waals surface area contributed by atoms with Crippen molar-refractivity contribution in [3.8, 4) is 11.5 Å². The largest absolute Gasteiger partial charge is 0.519 e. The maximum Gasteiger partial charge on any atom is 0.519 e. The van der Waals surface area contributed by atoms with E-state index in [1.54, 1.807) is 36.4 Å². The minimum Gasteiger partial charge on any atom is -0.395 e. The first-order valence-corrected chi connectivity index (χ1v) is 8.65. The van der Waals surface area contributed by atoms with E-state index in [0.717, 1.165) is 5.56 Å². The monoisotopic (exact) mass is 366 g/mol. The molecule has 0 fully saturated rings. The molecule has 3 rings (SSSR count). The molecule has 0 atom stereocenters. The van der Waals surface area contributed by atoms with E-state index < -0.39 is 6.16 Å². The van der Waals surface area contributed by atoms with Gasteiger partial charge < -0.3 is 9.47 Å². The molecular weight excluding hydrogens is 348 g/mol. The summed E-state index contributed by atoms with van der Waals surface area (Å²) < 4.78 is 10.3. The lowest BCUT2D eigenvalue weighted by molar-refractivity contribution is 0.152. The van der Waals surface area contributed by atoms with E-state index in [9.17, 15) is 4.79 Å². The Bertz CT molecular complexity index is 887. The maximum atomic E-state index is 11.9. The van der Waals surface area contributed by atoms with E-state index in [1.165, 1.54) is 5.56 Å². The van der Waals surface area contributed by atoms with Crippen LogP contribution in [0.5, 0.6) is 11.5 Å². The second-order valence-corrected chi connectivity index (χ2v) is 6.81. The Hall–Kier alpha value is -2.78. The normalized spacial score (nSPS) is 11.0. The summed E-state index contributed by atoms with van der Waals surface area (Å²) in [6, 6.07) is 24.4. The van der Waals surface area contributed by atoms with Crippen LogP contribution in [-0.2, 0) is 5.41 Å². The van der Waals surface area contributed by atoms with Crippen molar-refractivity contribution in [1.29, 1.82) is 0 Å². The summed E-state index contributed by atoms with van der Waals surface area (Å²) >= 11 is 5.97. The van der Waals surface area contributed by atoms with Crippen LogP contribution < -0.4 is 9.47 Å². The number of hydrogen-bond acceptors (Lipinski definition) is 3. The number of rotatable bonds is 4. The lowest BCUT2D eigenvalue weighted by Gasteiger charge is -2.26. The molecule has 0 bridgehead atoms. The lowest BCUT2D eigenvalue weighted by atomic mass is 9.78. The Morgan fingerprint density at radius 2 is 1.35 bits per heavy atom. The van der Waals surface area contributed by atoms with Crippen molar-refractivity contribution in [1.82, 2.24) is 0 Å². The summed E-state index contributed by atoms with van der Waals surface area (Å²) in [5, 5.41) is 0.351. The Morgan fingerprint density at radius 3 is 2.00 bits per heavy atom. The molecule has 0 amide bonds. The predicted molar refractivity (Wildman–Crippen MR) is 103 cm³/mol. The molecule has 0 saturated heterocycles. The summed E-state index contributed by atoms with van der Waals surface area (Å²) in [7, 11) is 0. The third-order valence-electron chi connectivity index (χ3n) is 4.30. The fraction of sp³-hybridized carbons (Fsp3) is 0.136. The van der Waals surface area contributed by atoms with Gasteiger partial charge in [0, 0.05) is 5.41 Å². The van der Waals surface area contributed by atoms with Gasteiger partial charge in [0.05, 0.1) is 5.02 Å². The number of carbonyl (C=O) groups is 1. The highest BCUT2D eigenvalue weighted by molar-refractivity contribution is 6.32. The third-order valence-corrected chi connectivity index (χ3v) is 4.61. The standard InChI is InChI=1S/C22H19ClO3/c1-22(2,16-8-4-3-5-9-16)17-12-14-18(15-13-17)25-21(24)26-20-11-7-6-10-19(20)23/h3-15H,1-2H3. The van der Waals surface area contributed by atoms with Gasteiger partial charge in [-0.2, -0.15) is 0 Å². The fourth-order valence-corrected chi connectivity index (χ4v) is 2.87. The first kappa shape index (κ1) is 18.0. The van der Waals surface area contributed by atoms with Crippen molar-refractivity contribution in [2.45, 2.75) is 19.3 Å². The van der Waals surface area contributed by atoms with Crippen LogP contribution in [0.2, 0.25) is 5.02 Å². The molecule has 3 aromatic rings. The zero-order valence-corrected chi connectivity index (χ0v) is 15.4. The van der Waals surface area contributed by atoms with E-state index in [4.69, 9.17) is 21.1 Å². The highest BCUT2D eigenvalue weighted by Crippen LogP contribution is 2.32. The molecule has 0 spiro atoms. The van der Waals surface area contributed by atoms with Crippen molar-refractivity contribution in [2.75, 3.05) is 0 Å². The van der Waals surface area contributed by atoms with Gasteiger partial charge in [-0.1, -0.05) is 80.0 Å². The number of halogens is 1. The second-order valence-electron chi connectivity index (χ2n) is 6.40. The molecule has 0 aliphatic heterocycles. The van der Waals surface area contributed by atoms with Gasteiger partial charge >= 0.3 is 6.16 Å². The van der Waals surface area contributed by atoms with Gasteiger partial charge in [0.2, 0.25) is 0 Å². The molecule has 3 nitrogen and oxygen atoms in total. The highest BCUT2D eigenvalue weighted by Gasteiger charge is 2.22. The predicted octanol–water partition coefficient (Wildman–Crippen LogP) is 6.24. The number of carbonyl (C=O) groups excluding carboxylic acids is 1. The van der Waals surface area contributed by atoms with Crippen molar-refractivity contribution < 1.29 is 14.3 Å². The molecule has 0 saturated carbocycles. The van der Waals surface area contributed by atoms with Gasteiger partial charge in [-0.05, 0) is 35.4 Å². The van der Waals surface area contributed by atoms with E-state index in [1.807, 2.05) is 30.3 Å². The Labute approximate surface area is 158 Å². The van der Waals surface area contributed by atoms with E-state index in [0.29, 0.717) is 10.8 Å². The zero-order valence-electron chi connectivity index (χ0n) is 14.6. The number of benzene rings is 3. The minimum atomic E-state index is -0.826. The quantitative estimate of drug-likeness (QED) is 0.404. The first-order valence-electron chi connectivity index (χ1n) is 8.27. The second kappa shape index (κ2) is 7.63. The average Bonchev–Trinajstić information content (AvgIpc) is 2.65. The molecule has 26 heavy (non-hydrogen) atoms. The fourth-order valence-electron chi connectivity index (χ4n) is 2.70. The summed E-state index contributed by atoms with van der Waals surface area (Å²) in [6.07, 6.45) is -0.826. The molecule has 0 radical (unpaired) electrons. The molecule has 0 N–H and O–H groups in total. The van der Waals surface area contributed by atoms with Crippen molar-refractivity contribution in [3.63, 3.8) is 0 Å². The number of hydrogen-bond donors (Lipinski definition) is 0. The molecule has 132 valence electrons. The lowest BCUT2D eigenvalue weighted by Crippen LogP contribution is -2.19. The van der Waals surface area contributed by atoms with Gasteiger partial charge in [0.15, 0.2) is 5.75 Å². The summed E-state index contributed by atoms with van der Waals surface area (Å²) in [4.78, 5) is 11.9. The van der Waals surface area contributed by atoms with E-state index >= 15 is 0 Å². The van der Waals surface area contributed by atoms with Crippen LogP contribution in [0.4, 0.5) is 4.79 Å². The molecule has 0 aliphatic rings. The van der Waals surface area contributed by atoms with E-state index in [2.05, 4.69) is 26.0 Å². The van der Waals surface area contributed by atoms with E-state index in [-0.39, 0.29) is 11.2 Å². The Balaban J connectivity index is 1.70. The van der Waals surface area contributed by atoms with Gasteiger partial charge in [0.1, 0.15) is 5.75 Å². The molecule has 3 aromatic carbocycles. The van der Waals surface area contributed by atoms with Gasteiger partial charge in [-0.15, -0.1) is 0 Å². The third kappa shape index (κ3) is 4.06. The van der Waals surface area contributed by atoms with Gasteiger partial charge in [-0.25, -0.2) is 4.79 Å². The van der Waals surface area contributed by atoms with Crippen LogP contribution in [0.1, 0.15) is 25.0 Å². The molecule has 4 heteroatoms. The summed E-state index contributed by atoms with van der Waals surface area (Å²) in [5.41, 5.74) is 2.18. The SMILES string of the molecule is CC(C)(c1ccccc1)c1ccc(OC(=O)Oc2ccccc2Cl)cc1. The Kier molecular flexibility index (Phi) is 5.29. The number of ether oxygens (including phenoxy) is 2. The molecule has 0 unspecified atom stereocenters. The smallest absolute Gasteiger partial charge is 0.395 e. The highest BCUT2D eigenvalue weighted by atomic mass is 35.5. The summed E-state index contributed by atoms with van der Waals surface area (Å²) in [5.74, 6) is 0.677. The average molecular weight is 367 g/mol. The van der Waals surface area contributed by atoms with Gasteiger partial charge in [0.25, 0.3) is 0 Å². The van der Waals surface area contributed by atoms with Crippen LogP contribution in [0, 0.1) is 0 Å². The molecule has 0 heterocycles. The van der Waals surface area contributed by atoms with Crippen LogP contribution >= 0.6 is 11.6 Å². The number of para-hydroxylation sites is 1. The minimum absolute atomic E-state index is 0.155. The molecule has 0 aliphatic carbocycles. The van der Waals surface area contributed by atoms with Crippen LogP contribution in [0.3, 0.4) is 0 Å². The van der Waals surface area contributed by atoms with Gasteiger partial charge in [-0.3, -0.25) is 0 Å². The maximum absolute atomic E-state index is 11.9. The van der Waals surface area contributed by atoms with Crippen molar-refractivity contribution >= 4 is 17.8 Å². The summed E-state index contributed by atoms with van der Waals surface area (Å²) in [6.45, 7) is 4.31. The molecular formula is C22H19ClO3. The van der Waals surface area contributed by atoms with Crippen LogP contribution in [0.25, 0.3) is 0 Å². The van der Waals surface area contributed by atoms with Crippen molar-refractivity contribution in [3.05, 3.63) is 95.0 Å². The molecule has 0 aromatic heterocycles. The topological polar surface area (TPSA) is 35.5 Å².